The van der Waals surface area contributed by atoms with Crippen molar-refractivity contribution < 1.29 is 19.4 Å². The number of hydrogen-bond acceptors (Lipinski definition) is 5. The summed E-state index contributed by atoms with van der Waals surface area (Å²) in [7, 11) is 2.14. The van der Waals surface area contributed by atoms with E-state index in [2.05, 4.69) is 40.4 Å². The molecule has 5 rings (SSSR count). The van der Waals surface area contributed by atoms with E-state index in [0.29, 0.717) is 24.4 Å². The Labute approximate surface area is 162 Å². The average Bonchev–Trinajstić information content (AvgIpc) is 3.41. The van der Waals surface area contributed by atoms with Crippen LogP contribution in [0.4, 0.5) is 0 Å². The molecule has 2 bridgehead atoms. The minimum Gasteiger partial charge on any atom is -0.483 e. The van der Waals surface area contributed by atoms with Crippen LogP contribution in [0.1, 0.15) is 28.9 Å². The first-order chi connectivity index (χ1) is 13.6. The van der Waals surface area contributed by atoms with Crippen LogP contribution in [0.3, 0.4) is 0 Å². The van der Waals surface area contributed by atoms with Gasteiger partial charge in [-0.25, -0.2) is 0 Å². The minimum absolute atomic E-state index is 0.0601. The molecule has 8 nitrogen and oxygen atoms in total. The number of carbonyl (C=O) groups excluding carboxylic acids is 1. The first-order valence-corrected chi connectivity index (χ1v) is 9.46. The standard InChI is InChI=1S/C19H22N4O2.CH2O2/c1-22-10-15-9-14(22)11-23(15)19(24)18-16-8-13(2-3-17(16)20-21-18)12-4-6-25-7-5-12;2-1-3/h2-4,8,14-15H,5-7,9-11H2,1H3,(H,20,21);1H,(H,2,3)/t14-,15-;/m0./s1. The van der Waals surface area contributed by atoms with E-state index in [0.717, 1.165) is 49.0 Å². The van der Waals surface area contributed by atoms with Crippen molar-refractivity contribution in [2.24, 2.45) is 0 Å². The Morgan fingerprint density at radius 2 is 2.18 bits per heavy atom. The molecule has 1 aromatic carbocycles. The number of fused-ring (bicyclic) bond motifs is 3. The number of nitrogens with one attached hydrogen (secondary N) is 1. The molecular weight excluding hydrogens is 360 g/mol. The zero-order valence-corrected chi connectivity index (χ0v) is 15.8. The number of nitrogens with zero attached hydrogens (tertiary/aromatic N) is 3. The van der Waals surface area contributed by atoms with Gasteiger partial charge in [-0.15, -0.1) is 0 Å². The summed E-state index contributed by atoms with van der Waals surface area (Å²) in [6.07, 6.45) is 4.12. The van der Waals surface area contributed by atoms with Gasteiger partial charge in [0.25, 0.3) is 12.4 Å². The predicted molar refractivity (Wildman–Crippen MR) is 104 cm³/mol. The Kier molecular flexibility index (Phi) is 5.15. The fraction of sp³-hybridized carbons (Fsp3) is 0.450. The van der Waals surface area contributed by atoms with Gasteiger partial charge >= 0.3 is 0 Å². The monoisotopic (exact) mass is 384 g/mol. The van der Waals surface area contributed by atoms with E-state index in [1.807, 2.05) is 11.0 Å². The summed E-state index contributed by atoms with van der Waals surface area (Å²) in [5.41, 5.74) is 3.92. The van der Waals surface area contributed by atoms with Crippen LogP contribution in [0.15, 0.2) is 24.3 Å². The molecule has 148 valence electrons. The molecule has 0 unspecified atom stereocenters. The number of carbonyl (C=O) groups is 2. The van der Waals surface area contributed by atoms with Gasteiger partial charge in [0.15, 0.2) is 5.69 Å². The second kappa shape index (κ2) is 7.73. The number of H-pyrrole nitrogens is 1. The molecule has 0 radical (unpaired) electrons. The van der Waals surface area contributed by atoms with E-state index in [1.165, 1.54) is 5.57 Å². The van der Waals surface area contributed by atoms with E-state index in [-0.39, 0.29) is 12.4 Å². The number of aromatic nitrogens is 2. The van der Waals surface area contributed by atoms with Crippen LogP contribution in [-0.2, 0) is 9.53 Å². The number of likely N-dealkylation sites (N-methyl/N-ethyl adjacent to an activating group) is 1. The number of carboxylic acid groups (broad SMARTS) is 1. The Balaban J connectivity index is 0.000000604. The largest absolute Gasteiger partial charge is 0.483 e. The number of likely N-dealkylation sites (tertiary alicyclic amines) is 2. The fourth-order valence-corrected chi connectivity index (χ4v) is 4.42. The van der Waals surface area contributed by atoms with Gasteiger partial charge in [-0.1, -0.05) is 12.1 Å². The van der Waals surface area contributed by atoms with Crippen molar-refractivity contribution in [3.05, 3.63) is 35.5 Å². The van der Waals surface area contributed by atoms with Crippen molar-refractivity contribution in [1.82, 2.24) is 20.0 Å². The number of benzene rings is 1. The van der Waals surface area contributed by atoms with Gasteiger partial charge in [-0.2, -0.15) is 5.10 Å². The molecule has 4 heterocycles. The van der Waals surface area contributed by atoms with Gasteiger partial charge in [0.05, 0.1) is 18.7 Å². The average molecular weight is 384 g/mol. The molecular formula is C20H24N4O4. The van der Waals surface area contributed by atoms with Crippen molar-refractivity contribution in [2.45, 2.75) is 24.9 Å². The number of piperazine rings is 1. The van der Waals surface area contributed by atoms with Crippen LogP contribution in [0.5, 0.6) is 0 Å². The summed E-state index contributed by atoms with van der Waals surface area (Å²) in [6, 6.07) is 7.05. The molecule has 2 saturated heterocycles. The number of hydrogen-bond donors (Lipinski definition) is 2. The predicted octanol–water partition coefficient (Wildman–Crippen LogP) is 1.60. The van der Waals surface area contributed by atoms with Gasteiger partial charge < -0.3 is 14.7 Å². The highest BCUT2D eigenvalue weighted by Gasteiger charge is 2.44. The second-order valence-electron chi connectivity index (χ2n) is 7.43. The third-order valence-corrected chi connectivity index (χ3v) is 5.87. The van der Waals surface area contributed by atoms with Crippen LogP contribution < -0.4 is 0 Å². The summed E-state index contributed by atoms with van der Waals surface area (Å²) in [5.74, 6) is 0.0601. The molecule has 1 aromatic heterocycles. The second-order valence-corrected chi connectivity index (χ2v) is 7.43. The molecule has 0 spiro atoms. The van der Waals surface area contributed by atoms with Crippen molar-refractivity contribution in [1.29, 1.82) is 0 Å². The Morgan fingerprint density at radius 3 is 2.82 bits per heavy atom. The number of aromatic amines is 1. The molecule has 3 aliphatic heterocycles. The molecule has 2 atom stereocenters. The van der Waals surface area contributed by atoms with Crippen molar-refractivity contribution in [2.75, 3.05) is 33.4 Å². The lowest BCUT2D eigenvalue weighted by atomic mass is 9.99. The van der Waals surface area contributed by atoms with Crippen molar-refractivity contribution in [3.63, 3.8) is 0 Å². The zero-order valence-electron chi connectivity index (χ0n) is 15.8. The van der Waals surface area contributed by atoms with Crippen LogP contribution in [-0.4, -0.2) is 82.9 Å². The maximum absolute atomic E-state index is 13.1. The van der Waals surface area contributed by atoms with E-state index in [9.17, 15) is 4.79 Å². The number of amides is 1. The van der Waals surface area contributed by atoms with E-state index < -0.39 is 0 Å². The lowest BCUT2D eigenvalue weighted by Gasteiger charge is -2.31. The Bertz CT molecular complexity index is 920. The Hall–Kier alpha value is -2.71. The number of rotatable bonds is 2. The van der Waals surface area contributed by atoms with Gasteiger partial charge in [-0.3, -0.25) is 19.6 Å². The smallest absolute Gasteiger partial charge is 0.290 e. The molecule has 1 amide bonds. The summed E-state index contributed by atoms with van der Waals surface area (Å²) in [6.45, 7) is 2.95. The third-order valence-electron chi connectivity index (χ3n) is 5.87. The maximum Gasteiger partial charge on any atom is 0.290 e. The van der Waals surface area contributed by atoms with E-state index in [4.69, 9.17) is 14.6 Å². The van der Waals surface area contributed by atoms with E-state index in [1.54, 1.807) is 0 Å². The summed E-state index contributed by atoms with van der Waals surface area (Å²) in [5, 5.41) is 15.2. The van der Waals surface area contributed by atoms with Gasteiger partial charge in [0, 0.05) is 30.6 Å². The summed E-state index contributed by atoms with van der Waals surface area (Å²) >= 11 is 0. The summed E-state index contributed by atoms with van der Waals surface area (Å²) in [4.78, 5) is 25.8. The topological polar surface area (TPSA) is 98.8 Å². The molecule has 2 fully saturated rings. The van der Waals surface area contributed by atoms with Gasteiger partial charge in [0.2, 0.25) is 0 Å². The van der Waals surface area contributed by atoms with Crippen molar-refractivity contribution in [3.8, 4) is 0 Å². The first kappa shape index (κ1) is 18.6. The lowest BCUT2D eigenvalue weighted by Crippen LogP contribution is -2.47. The van der Waals surface area contributed by atoms with Crippen LogP contribution in [0, 0.1) is 0 Å². The summed E-state index contributed by atoms with van der Waals surface area (Å²) < 4.78 is 5.40. The maximum atomic E-state index is 13.1. The molecule has 8 heteroatoms. The highest BCUT2D eigenvalue weighted by atomic mass is 16.5. The van der Waals surface area contributed by atoms with Crippen molar-refractivity contribution >= 4 is 28.9 Å². The molecule has 2 N–H and O–H groups in total. The fourth-order valence-electron chi connectivity index (χ4n) is 4.42. The van der Waals surface area contributed by atoms with Gasteiger partial charge in [0.1, 0.15) is 0 Å². The number of ether oxygens (including phenoxy) is 1. The quantitative estimate of drug-likeness (QED) is 0.763. The van der Waals surface area contributed by atoms with Crippen LogP contribution in [0.25, 0.3) is 16.5 Å². The molecule has 28 heavy (non-hydrogen) atoms. The molecule has 3 aliphatic rings. The van der Waals surface area contributed by atoms with E-state index >= 15 is 0 Å². The third kappa shape index (κ3) is 3.29. The molecule has 0 saturated carbocycles. The van der Waals surface area contributed by atoms with Crippen LogP contribution >= 0.6 is 0 Å². The Morgan fingerprint density at radius 1 is 1.36 bits per heavy atom. The minimum atomic E-state index is -0.250. The lowest BCUT2D eigenvalue weighted by molar-refractivity contribution is -0.122. The highest BCUT2D eigenvalue weighted by Crippen LogP contribution is 2.32. The SMILES string of the molecule is CN1C[C@@H]2C[C@H]1CN2C(=O)c1n[nH]c2ccc(C3=CCOCC3)cc12.O=CO. The van der Waals surface area contributed by atoms with Crippen LogP contribution in [0.2, 0.25) is 0 Å². The first-order valence-electron chi connectivity index (χ1n) is 9.46. The highest BCUT2D eigenvalue weighted by molar-refractivity contribution is 6.05. The zero-order chi connectivity index (χ0) is 19.7. The molecule has 2 aromatic rings. The normalized spacial score (nSPS) is 24.0. The van der Waals surface area contributed by atoms with Gasteiger partial charge in [-0.05, 0) is 43.2 Å². The molecule has 0 aliphatic carbocycles.